The molecule has 1 aliphatic heterocycles. The van der Waals surface area contributed by atoms with Crippen molar-refractivity contribution in [2.75, 3.05) is 20.2 Å². The van der Waals surface area contributed by atoms with Crippen LogP contribution in [0.15, 0.2) is 28.8 Å². The van der Waals surface area contributed by atoms with Gasteiger partial charge in [0.15, 0.2) is 5.82 Å². The molecule has 0 N–H and O–H groups in total. The molecule has 0 radical (unpaired) electrons. The zero-order valence-electron chi connectivity index (χ0n) is 15.1. The lowest BCUT2D eigenvalue weighted by molar-refractivity contribution is 0.0695. The molecule has 0 spiro atoms. The van der Waals surface area contributed by atoms with Crippen molar-refractivity contribution >= 4 is 5.91 Å². The Bertz CT molecular complexity index is 711. The number of methoxy groups -OCH3 is 1. The molecule has 0 aliphatic carbocycles. The van der Waals surface area contributed by atoms with Crippen molar-refractivity contribution in [3.8, 4) is 5.75 Å². The second-order valence-corrected chi connectivity index (χ2v) is 6.62. The van der Waals surface area contributed by atoms with E-state index in [9.17, 15) is 4.79 Å². The number of carbonyl (C=O) groups excluding carboxylic acids is 1. The number of carbonyl (C=O) groups is 1. The summed E-state index contributed by atoms with van der Waals surface area (Å²) in [6.45, 7) is 5.58. The van der Waals surface area contributed by atoms with Gasteiger partial charge in [-0.1, -0.05) is 19.0 Å². The van der Waals surface area contributed by atoms with Crippen LogP contribution >= 0.6 is 0 Å². The quantitative estimate of drug-likeness (QED) is 0.829. The minimum Gasteiger partial charge on any atom is -0.497 e. The van der Waals surface area contributed by atoms with Gasteiger partial charge in [0.2, 0.25) is 5.89 Å². The van der Waals surface area contributed by atoms with E-state index in [1.807, 2.05) is 17.0 Å². The van der Waals surface area contributed by atoms with E-state index in [0.29, 0.717) is 18.0 Å². The maximum absolute atomic E-state index is 12.8. The van der Waals surface area contributed by atoms with E-state index in [1.165, 1.54) is 0 Å². The summed E-state index contributed by atoms with van der Waals surface area (Å²) in [4.78, 5) is 19.2. The van der Waals surface area contributed by atoms with Gasteiger partial charge in [-0.25, -0.2) is 0 Å². The minimum atomic E-state index is 0.0361. The Hall–Kier alpha value is -2.37. The Balaban J connectivity index is 1.69. The van der Waals surface area contributed by atoms with Crippen LogP contribution < -0.4 is 4.74 Å². The lowest BCUT2D eigenvalue weighted by atomic mass is 9.97. The highest BCUT2D eigenvalue weighted by molar-refractivity contribution is 5.94. The predicted molar refractivity (Wildman–Crippen MR) is 93.9 cm³/mol. The Labute approximate surface area is 148 Å². The summed E-state index contributed by atoms with van der Waals surface area (Å²) in [7, 11) is 1.62. The first-order valence-corrected chi connectivity index (χ1v) is 8.89. The number of amides is 1. The first kappa shape index (κ1) is 17.5. The predicted octanol–water partition coefficient (Wildman–Crippen LogP) is 3.61. The van der Waals surface area contributed by atoms with E-state index in [4.69, 9.17) is 9.26 Å². The number of hydrogen-bond acceptors (Lipinski definition) is 5. The maximum atomic E-state index is 12.8. The van der Waals surface area contributed by atoms with Crippen molar-refractivity contribution in [1.29, 1.82) is 0 Å². The highest BCUT2D eigenvalue weighted by Gasteiger charge is 2.29. The molecule has 134 valence electrons. The van der Waals surface area contributed by atoms with E-state index >= 15 is 0 Å². The molecule has 0 saturated carbocycles. The van der Waals surface area contributed by atoms with Crippen molar-refractivity contribution < 1.29 is 14.1 Å². The fourth-order valence-corrected chi connectivity index (χ4v) is 3.08. The van der Waals surface area contributed by atoms with Crippen molar-refractivity contribution in [3.63, 3.8) is 0 Å². The topological polar surface area (TPSA) is 68.5 Å². The molecule has 1 aromatic heterocycles. The molecule has 2 atom stereocenters. The number of nitrogens with zero attached hydrogens (tertiary/aromatic N) is 3. The summed E-state index contributed by atoms with van der Waals surface area (Å²) in [5.74, 6) is 2.60. The Morgan fingerprint density at radius 1 is 1.40 bits per heavy atom. The normalized spacial score (nSPS) is 18.8. The summed E-state index contributed by atoms with van der Waals surface area (Å²) in [6, 6.07) is 7.23. The summed E-state index contributed by atoms with van der Waals surface area (Å²) in [5, 5.41) is 4.11. The number of aromatic nitrogens is 2. The van der Waals surface area contributed by atoms with Gasteiger partial charge in [0, 0.05) is 24.6 Å². The summed E-state index contributed by atoms with van der Waals surface area (Å²) in [6.07, 6.45) is 2.88. The van der Waals surface area contributed by atoms with Crippen LogP contribution in [0.5, 0.6) is 5.75 Å². The van der Waals surface area contributed by atoms with Gasteiger partial charge in [0.25, 0.3) is 5.91 Å². The van der Waals surface area contributed by atoms with Gasteiger partial charge in [0.1, 0.15) is 5.75 Å². The highest BCUT2D eigenvalue weighted by atomic mass is 16.5. The smallest absolute Gasteiger partial charge is 0.253 e. The first-order valence-electron chi connectivity index (χ1n) is 8.89. The average molecular weight is 343 g/mol. The van der Waals surface area contributed by atoms with Crippen LogP contribution in [0.2, 0.25) is 0 Å². The summed E-state index contributed by atoms with van der Waals surface area (Å²) in [5.41, 5.74) is 0.673. The lowest BCUT2D eigenvalue weighted by Crippen LogP contribution is -2.39. The highest BCUT2D eigenvalue weighted by Crippen LogP contribution is 2.28. The molecular formula is C19H25N3O3. The van der Waals surface area contributed by atoms with Crippen LogP contribution in [-0.2, 0) is 0 Å². The fraction of sp³-hybridized carbons (Fsp3) is 0.526. The largest absolute Gasteiger partial charge is 0.497 e. The van der Waals surface area contributed by atoms with Gasteiger partial charge < -0.3 is 14.2 Å². The number of rotatable bonds is 5. The van der Waals surface area contributed by atoms with Gasteiger partial charge in [-0.3, -0.25) is 4.79 Å². The Morgan fingerprint density at radius 2 is 2.16 bits per heavy atom. The second-order valence-electron chi connectivity index (χ2n) is 6.62. The molecule has 1 amide bonds. The van der Waals surface area contributed by atoms with Gasteiger partial charge in [-0.15, -0.1) is 0 Å². The van der Waals surface area contributed by atoms with Crippen molar-refractivity contribution in [2.45, 2.75) is 44.9 Å². The van der Waals surface area contributed by atoms with Crippen LogP contribution in [-0.4, -0.2) is 41.1 Å². The molecule has 0 unspecified atom stereocenters. The summed E-state index contributed by atoms with van der Waals surface area (Å²) >= 11 is 0. The lowest BCUT2D eigenvalue weighted by Gasteiger charge is -2.31. The Morgan fingerprint density at radius 3 is 2.84 bits per heavy atom. The number of hydrogen-bond donors (Lipinski definition) is 0. The van der Waals surface area contributed by atoms with Crippen LogP contribution in [0.3, 0.4) is 0 Å². The van der Waals surface area contributed by atoms with E-state index in [2.05, 4.69) is 24.0 Å². The average Bonchev–Trinajstić information content (AvgIpc) is 3.17. The molecular weight excluding hydrogens is 318 g/mol. The van der Waals surface area contributed by atoms with Crippen LogP contribution in [0.4, 0.5) is 0 Å². The number of ether oxygens (including phenoxy) is 1. The molecule has 25 heavy (non-hydrogen) atoms. The fourth-order valence-electron chi connectivity index (χ4n) is 3.08. The Kier molecular flexibility index (Phi) is 5.36. The van der Waals surface area contributed by atoms with E-state index in [-0.39, 0.29) is 17.7 Å². The molecule has 2 aromatic rings. The van der Waals surface area contributed by atoms with Crippen LogP contribution in [0, 0.1) is 0 Å². The number of benzene rings is 1. The molecule has 1 fully saturated rings. The van der Waals surface area contributed by atoms with Gasteiger partial charge in [-0.05, 0) is 43.5 Å². The van der Waals surface area contributed by atoms with Gasteiger partial charge in [0.05, 0.1) is 13.0 Å². The van der Waals surface area contributed by atoms with Crippen molar-refractivity contribution in [1.82, 2.24) is 15.0 Å². The minimum absolute atomic E-state index is 0.0361. The van der Waals surface area contributed by atoms with Crippen molar-refractivity contribution in [3.05, 3.63) is 41.5 Å². The molecule has 6 heteroatoms. The molecule has 6 nitrogen and oxygen atoms in total. The van der Waals surface area contributed by atoms with E-state index < -0.39 is 0 Å². The van der Waals surface area contributed by atoms with E-state index in [1.54, 1.807) is 19.2 Å². The number of piperidine rings is 1. The SMILES string of the molecule is CC[C@@H](C)c1noc([C@@H]2CCCN(C(=O)c3ccc(OC)cc3)C2)n1. The third-order valence-corrected chi connectivity index (χ3v) is 4.91. The second kappa shape index (κ2) is 7.68. The van der Waals surface area contributed by atoms with Crippen molar-refractivity contribution in [2.24, 2.45) is 0 Å². The molecule has 0 bridgehead atoms. The zero-order chi connectivity index (χ0) is 17.8. The first-order chi connectivity index (χ1) is 12.1. The maximum Gasteiger partial charge on any atom is 0.253 e. The van der Waals surface area contributed by atoms with Crippen LogP contribution in [0.1, 0.15) is 67.0 Å². The third-order valence-electron chi connectivity index (χ3n) is 4.91. The van der Waals surface area contributed by atoms with Gasteiger partial charge in [-0.2, -0.15) is 4.98 Å². The summed E-state index contributed by atoms with van der Waals surface area (Å²) < 4.78 is 10.6. The van der Waals surface area contributed by atoms with E-state index in [0.717, 1.165) is 37.4 Å². The van der Waals surface area contributed by atoms with Crippen LogP contribution in [0.25, 0.3) is 0 Å². The number of likely N-dealkylation sites (tertiary alicyclic amines) is 1. The zero-order valence-corrected chi connectivity index (χ0v) is 15.1. The molecule has 2 heterocycles. The molecule has 1 saturated heterocycles. The standard InChI is InChI=1S/C19H25N3O3/c1-4-13(2)17-20-18(25-21-17)15-6-5-11-22(12-15)19(23)14-7-9-16(24-3)10-8-14/h7-10,13,15H,4-6,11-12H2,1-3H3/t13-,15-/m1/s1. The van der Waals surface area contributed by atoms with Gasteiger partial charge >= 0.3 is 0 Å². The molecule has 1 aliphatic rings. The third kappa shape index (κ3) is 3.83. The monoisotopic (exact) mass is 343 g/mol. The molecule has 1 aromatic carbocycles. The molecule has 3 rings (SSSR count).